The van der Waals surface area contributed by atoms with Crippen molar-refractivity contribution in [3.8, 4) is 0 Å². The van der Waals surface area contributed by atoms with Crippen molar-refractivity contribution in [2.75, 3.05) is 6.54 Å². The highest BCUT2D eigenvalue weighted by atomic mass is 35.5. The van der Waals surface area contributed by atoms with Crippen LogP contribution >= 0.6 is 11.6 Å². The molecule has 20 heavy (non-hydrogen) atoms. The molecule has 1 aliphatic heterocycles. The maximum Gasteiger partial charge on any atom is 0.230 e. The second kappa shape index (κ2) is 5.92. The molecule has 7 heteroatoms. The zero-order valence-corrected chi connectivity index (χ0v) is 11.8. The number of hydrogen-bond acceptors (Lipinski definition) is 2. The fourth-order valence-corrected chi connectivity index (χ4v) is 2.17. The number of para-hydroxylation sites is 1. The van der Waals surface area contributed by atoms with Crippen molar-refractivity contribution in [2.45, 2.75) is 18.7 Å². The fourth-order valence-electron chi connectivity index (χ4n) is 1.90. The van der Waals surface area contributed by atoms with E-state index in [-0.39, 0.29) is 29.6 Å². The Morgan fingerprint density at radius 2 is 2.10 bits per heavy atom. The number of halogens is 1. The van der Waals surface area contributed by atoms with Crippen molar-refractivity contribution in [2.24, 2.45) is 21.5 Å². The summed E-state index contributed by atoms with van der Waals surface area (Å²) in [5.74, 6) is -0.134. The van der Waals surface area contributed by atoms with Gasteiger partial charge in [-0.2, -0.15) is 4.99 Å². The molecule has 1 atom stereocenters. The molecule has 1 aromatic carbocycles. The van der Waals surface area contributed by atoms with Gasteiger partial charge in [-0.15, -0.1) is 11.6 Å². The summed E-state index contributed by atoms with van der Waals surface area (Å²) in [6.45, 7) is 2.26. The Bertz CT molecular complexity index is 584. The van der Waals surface area contributed by atoms with Crippen LogP contribution in [0, 0.1) is 6.92 Å². The van der Waals surface area contributed by atoms with Crippen LogP contribution in [0.3, 0.4) is 0 Å². The van der Waals surface area contributed by atoms with Gasteiger partial charge in [0.05, 0.1) is 11.1 Å². The van der Waals surface area contributed by atoms with Crippen molar-refractivity contribution in [3.63, 3.8) is 0 Å². The van der Waals surface area contributed by atoms with E-state index in [1.807, 2.05) is 31.2 Å². The molecule has 0 spiro atoms. The van der Waals surface area contributed by atoms with E-state index in [2.05, 4.69) is 9.98 Å². The molecule has 0 radical (unpaired) electrons. The van der Waals surface area contributed by atoms with E-state index in [9.17, 15) is 4.79 Å². The van der Waals surface area contributed by atoms with Crippen LogP contribution in [-0.2, 0) is 4.79 Å². The van der Waals surface area contributed by atoms with Gasteiger partial charge in [-0.25, -0.2) is 4.99 Å². The lowest BCUT2D eigenvalue weighted by Crippen LogP contribution is -2.39. The van der Waals surface area contributed by atoms with Gasteiger partial charge in [-0.05, 0) is 18.6 Å². The molecule has 1 saturated heterocycles. The molecule has 0 bridgehead atoms. The molecule has 1 unspecified atom stereocenters. The third-order valence-electron chi connectivity index (χ3n) is 2.93. The first-order chi connectivity index (χ1) is 9.47. The molecule has 0 aliphatic carbocycles. The molecule has 106 valence electrons. The quantitative estimate of drug-likeness (QED) is 0.461. The fraction of sp³-hybridized carbons (Fsp3) is 0.308. The summed E-state index contributed by atoms with van der Waals surface area (Å²) in [7, 11) is 0. The van der Waals surface area contributed by atoms with Crippen molar-refractivity contribution in [3.05, 3.63) is 29.8 Å². The number of amides is 1. The van der Waals surface area contributed by atoms with Gasteiger partial charge in [-0.3, -0.25) is 9.69 Å². The highest BCUT2D eigenvalue weighted by Crippen LogP contribution is 2.18. The highest BCUT2D eigenvalue weighted by molar-refractivity contribution is 6.23. The molecule has 0 saturated carbocycles. The average Bonchev–Trinajstić information content (AvgIpc) is 2.71. The third-order valence-corrected chi connectivity index (χ3v) is 3.23. The number of nitrogens with zero attached hydrogens (tertiary/aromatic N) is 3. The Morgan fingerprint density at radius 3 is 2.70 bits per heavy atom. The molecular formula is C13H16ClN5O. The van der Waals surface area contributed by atoms with Crippen LogP contribution in [0.15, 0.2) is 34.3 Å². The number of hydrogen-bond donors (Lipinski definition) is 2. The Balaban J connectivity index is 2.18. The number of alkyl halides is 1. The number of carbonyl (C=O) groups excluding carboxylic acids is 1. The number of carbonyl (C=O) groups is 1. The normalized spacial score (nSPS) is 20.6. The van der Waals surface area contributed by atoms with E-state index in [1.165, 1.54) is 4.90 Å². The van der Waals surface area contributed by atoms with Crippen molar-refractivity contribution >= 4 is 35.1 Å². The molecule has 1 aliphatic rings. The van der Waals surface area contributed by atoms with Crippen LogP contribution < -0.4 is 11.5 Å². The summed E-state index contributed by atoms with van der Waals surface area (Å²) in [6.07, 6.45) is 0.257. The second-order valence-corrected chi connectivity index (χ2v) is 5.15. The Morgan fingerprint density at radius 1 is 1.40 bits per heavy atom. The molecule has 1 aromatic rings. The van der Waals surface area contributed by atoms with E-state index < -0.39 is 0 Å². The van der Waals surface area contributed by atoms with E-state index in [4.69, 9.17) is 23.1 Å². The van der Waals surface area contributed by atoms with E-state index >= 15 is 0 Å². The largest absolute Gasteiger partial charge is 0.369 e. The number of nitrogens with two attached hydrogens (primary N) is 2. The molecular weight excluding hydrogens is 278 g/mol. The number of aliphatic imine (C=N–C) groups is 2. The molecule has 0 aromatic heterocycles. The van der Waals surface area contributed by atoms with E-state index in [0.29, 0.717) is 12.2 Å². The SMILES string of the molecule is Cc1ccccc1N=C(N)/N=C(\N)N1CC(Cl)CC1=O. The maximum atomic E-state index is 11.6. The molecule has 4 N–H and O–H groups in total. The van der Waals surface area contributed by atoms with Crippen molar-refractivity contribution in [1.82, 2.24) is 4.90 Å². The predicted molar refractivity (Wildman–Crippen MR) is 80.1 cm³/mol. The zero-order chi connectivity index (χ0) is 14.7. The topological polar surface area (TPSA) is 97.1 Å². The van der Waals surface area contributed by atoms with Gasteiger partial charge in [0.1, 0.15) is 0 Å². The zero-order valence-electron chi connectivity index (χ0n) is 11.1. The minimum absolute atomic E-state index is 0.00243. The molecule has 1 amide bonds. The van der Waals surface area contributed by atoms with Crippen LogP contribution in [0.1, 0.15) is 12.0 Å². The van der Waals surface area contributed by atoms with Gasteiger partial charge >= 0.3 is 0 Å². The first-order valence-electron chi connectivity index (χ1n) is 6.15. The van der Waals surface area contributed by atoms with Crippen molar-refractivity contribution in [1.29, 1.82) is 0 Å². The maximum absolute atomic E-state index is 11.6. The summed E-state index contributed by atoms with van der Waals surface area (Å²) in [5, 5.41) is -0.245. The Kier molecular flexibility index (Phi) is 4.24. The van der Waals surface area contributed by atoms with Gasteiger partial charge in [0.15, 0.2) is 0 Å². The standard InChI is InChI=1S/C13H16ClN5O/c1-8-4-2-3-5-10(8)17-12(15)18-13(16)19-7-9(14)6-11(19)20/h2-5,9H,6-7H2,1H3,(H4,15,16,17,18). The summed E-state index contributed by atoms with van der Waals surface area (Å²) >= 11 is 5.90. The van der Waals surface area contributed by atoms with Crippen LogP contribution in [0.4, 0.5) is 5.69 Å². The third kappa shape index (κ3) is 3.27. The number of likely N-dealkylation sites (tertiary alicyclic amines) is 1. The van der Waals surface area contributed by atoms with Crippen molar-refractivity contribution < 1.29 is 4.79 Å². The molecule has 1 fully saturated rings. The molecule has 6 nitrogen and oxygen atoms in total. The van der Waals surface area contributed by atoms with Crippen LogP contribution in [0.25, 0.3) is 0 Å². The van der Waals surface area contributed by atoms with Gasteiger partial charge in [0.2, 0.25) is 17.8 Å². The lowest BCUT2D eigenvalue weighted by atomic mass is 10.2. The minimum atomic E-state index is -0.245. The monoisotopic (exact) mass is 293 g/mol. The van der Waals surface area contributed by atoms with E-state index in [0.717, 1.165) is 5.56 Å². The second-order valence-electron chi connectivity index (χ2n) is 4.53. The lowest BCUT2D eigenvalue weighted by molar-refractivity contribution is -0.124. The molecule has 2 rings (SSSR count). The van der Waals surface area contributed by atoms with Crippen LogP contribution in [0.2, 0.25) is 0 Å². The number of guanidine groups is 2. The predicted octanol–water partition coefficient (Wildman–Crippen LogP) is 1.10. The van der Waals surface area contributed by atoms with Crippen LogP contribution in [-0.4, -0.2) is 34.6 Å². The van der Waals surface area contributed by atoms with Gasteiger partial charge < -0.3 is 11.5 Å². The Labute approximate surface area is 122 Å². The Hall–Kier alpha value is -2.08. The highest BCUT2D eigenvalue weighted by Gasteiger charge is 2.30. The van der Waals surface area contributed by atoms with Gasteiger partial charge in [0, 0.05) is 13.0 Å². The first kappa shape index (κ1) is 14.3. The van der Waals surface area contributed by atoms with Gasteiger partial charge in [0.25, 0.3) is 0 Å². The number of rotatable bonds is 1. The summed E-state index contributed by atoms with van der Waals surface area (Å²) in [6, 6.07) is 7.50. The number of benzene rings is 1. The molecule has 1 heterocycles. The average molecular weight is 294 g/mol. The van der Waals surface area contributed by atoms with Crippen LogP contribution in [0.5, 0.6) is 0 Å². The van der Waals surface area contributed by atoms with E-state index in [1.54, 1.807) is 0 Å². The first-order valence-corrected chi connectivity index (χ1v) is 6.59. The summed E-state index contributed by atoms with van der Waals surface area (Å²) in [5.41, 5.74) is 13.2. The van der Waals surface area contributed by atoms with Gasteiger partial charge in [-0.1, -0.05) is 18.2 Å². The minimum Gasteiger partial charge on any atom is -0.369 e. The summed E-state index contributed by atoms with van der Waals surface area (Å²) in [4.78, 5) is 21.1. The smallest absolute Gasteiger partial charge is 0.230 e. The lowest BCUT2D eigenvalue weighted by Gasteiger charge is -2.13. The summed E-state index contributed by atoms with van der Waals surface area (Å²) < 4.78 is 0. The number of aryl methyl sites for hydroxylation is 1.